The molecule has 0 aliphatic carbocycles. The Hall–Kier alpha value is -1.01. The lowest BCUT2D eigenvalue weighted by Crippen LogP contribution is -2.47. The minimum absolute atomic E-state index is 0.0178. The fourth-order valence-corrected chi connectivity index (χ4v) is 2.27. The molecule has 0 radical (unpaired) electrons. The Morgan fingerprint density at radius 3 is 3.00 bits per heavy atom. The van der Waals surface area contributed by atoms with E-state index in [0.29, 0.717) is 29.7 Å². The average molecular weight is 318 g/mol. The zero-order valence-corrected chi connectivity index (χ0v) is 12.4. The topological polar surface area (TPSA) is 62.4 Å². The van der Waals surface area contributed by atoms with Crippen molar-refractivity contribution in [3.05, 3.63) is 33.8 Å². The second kappa shape index (κ2) is 7.69. The summed E-state index contributed by atoms with van der Waals surface area (Å²) in [5.74, 6) is 0. The normalized spacial score (nSPS) is 18.6. The fourth-order valence-electron chi connectivity index (χ4n) is 1.88. The third kappa shape index (κ3) is 4.52. The van der Waals surface area contributed by atoms with Gasteiger partial charge in [-0.25, -0.2) is 4.79 Å². The molecule has 1 aromatic carbocycles. The third-order valence-corrected chi connectivity index (χ3v) is 3.82. The first-order valence-electron chi connectivity index (χ1n) is 6.43. The van der Waals surface area contributed by atoms with Gasteiger partial charge in [0.05, 0.1) is 22.8 Å². The van der Waals surface area contributed by atoms with Gasteiger partial charge in [-0.15, -0.1) is 0 Å². The van der Waals surface area contributed by atoms with E-state index in [-0.39, 0.29) is 12.1 Å². The van der Waals surface area contributed by atoms with Crippen molar-refractivity contribution in [3.63, 3.8) is 0 Å². The molecule has 1 fully saturated rings. The Balaban J connectivity index is 1.73. The number of urea groups is 1. The van der Waals surface area contributed by atoms with Crippen LogP contribution in [0, 0.1) is 0 Å². The van der Waals surface area contributed by atoms with E-state index < -0.39 is 0 Å². The summed E-state index contributed by atoms with van der Waals surface area (Å²) in [6.45, 7) is 3.08. The molecular weight excluding hydrogens is 301 g/mol. The molecule has 1 heterocycles. The molecule has 2 amide bonds. The number of carbonyl (C=O) groups excluding carboxylic acids is 1. The lowest BCUT2D eigenvalue weighted by atomic mass is 10.2. The van der Waals surface area contributed by atoms with Crippen molar-refractivity contribution in [2.45, 2.75) is 12.6 Å². The van der Waals surface area contributed by atoms with E-state index in [9.17, 15) is 4.79 Å². The van der Waals surface area contributed by atoms with Crippen molar-refractivity contribution >= 4 is 29.2 Å². The van der Waals surface area contributed by atoms with Gasteiger partial charge in [0.25, 0.3) is 0 Å². The maximum absolute atomic E-state index is 11.7. The number of rotatable bonds is 4. The zero-order chi connectivity index (χ0) is 14.4. The first-order valence-corrected chi connectivity index (χ1v) is 7.19. The Bertz CT molecular complexity index is 465. The van der Waals surface area contributed by atoms with Crippen molar-refractivity contribution < 1.29 is 9.53 Å². The minimum Gasteiger partial charge on any atom is -0.374 e. The lowest BCUT2D eigenvalue weighted by Gasteiger charge is -2.23. The molecule has 0 aromatic heterocycles. The first-order chi connectivity index (χ1) is 9.66. The highest BCUT2D eigenvalue weighted by Crippen LogP contribution is 2.25. The van der Waals surface area contributed by atoms with Gasteiger partial charge in [0.1, 0.15) is 0 Å². The standard InChI is InChI=1S/C13H17Cl2N3O2/c14-11-3-1-2-9(12(11)15)6-17-13(19)18-8-10-7-16-4-5-20-10/h1-3,10,16H,4-8H2,(H2,17,18,19)/t10-/m1/s1. The van der Waals surface area contributed by atoms with E-state index in [2.05, 4.69) is 16.0 Å². The summed E-state index contributed by atoms with van der Waals surface area (Å²) in [5.41, 5.74) is 0.782. The van der Waals surface area contributed by atoms with Gasteiger partial charge in [-0.1, -0.05) is 35.3 Å². The summed E-state index contributed by atoms with van der Waals surface area (Å²) in [4.78, 5) is 11.7. The number of nitrogens with one attached hydrogen (secondary N) is 3. The Labute approximate surface area is 128 Å². The molecule has 110 valence electrons. The maximum Gasteiger partial charge on any atom is 0.315 e. The smallest absolute Gasteiger partial charge is 0.315 e. The highest BCUT2D eigenvalue weighted by atomic mass is 35.5. The second-order valence-electron chi connectivity index (χ2n) is 4.47. The van der Waals surface area contributed by atoms with Gasteiger partial charge in [0, 0.05) is 26.2 Å². The van der Waals surface area contributed by atoms with Crippen LogP contribution in [0.1, 0.15) is 5.56 Å². The average Bonchev–Trinajstić information content (AvgIpc) is 2.48. The second-order valence-corrected chi connectivity index (χ2v) is 5.26. The predicted octanol–water partition coefficient (Wildman–Crippen LogP) is 1.78. The van der Waals surface area contributed by atoms with Gasteiger partial charge in [-0.2, -0.15) is 0 Å². The summed E-state index contributed by atoms with van der Waals surface area (Å²) >= 11 is 12.0. The number of carbonyl (C=O) groups is 1. The highest BCUT2D eigenvalue weighted by molar-refractivity contribution is 6.42. The van der Waals surface area contributed by atoms with Gasteiger partial charge in [0.2, 0.25) is 0 Å². The molecule has 1 aromatic rings. The van der Waals surface area contributed by atoms with Gasteiger partial charge in [-0.05, 0) is 11.6 Å². The summed E-state index contributed by atoms with van der Waals surface area (Å²) in [6, 6.07) is 5.07. The molecule has 0 unspecified atom stereocenters. The van der Waals surface area contributed by atoms with E-state index in [4.69, 9.17) is 27.9 Å². The molecule has 5 nitrogen and oxygen atoms in total. The molecule has 3 N–H and O–H groups in total. The number of halogens is 2. The molecule has 0 bridgehead atoms. The van der Waals surface area contributed by atoms with E-state index in [1.54, 1.807) is 12.1 Å². The number of benzene rings is 1. The predicted molar refractivity (Wildman–Crippen MR) is 79.3 cm³/mol. The molecule has 2 rings (SSSR count). The van der Waals surface area contributed by atoms with E-state index >= 15 is 0 Å². The van der Waals surface area contributed by atoms with E-state index in [1.807, 2.05) is 6.07 Å². The fraction of sp³-hybridized carbons (Fsp3) is 0.462. The molecule has 0 spiro atoms. The SMILES string of the molecule is O=C(NCc1cccc(Cl)c1Cl)NC[C@H]1CNCCO1. The monoisotopic (exact) mass is 317 g/mol. The molecule has 1 atom stereocenters. The van der Waals surface area contributed by atoms with Gasteiger partial charge in [-0.3, -0.25) is 0 Å². The van der Waals surface area contributed by atoms with Gasteiger partial charge < -0.3 is 20.7 Å². The summed E-state index contributed by atoms with van der Waals surface area (Å²) in [5, 5.41) is 9.65. The molecule has 1 aliphatic rings. The molecule has 1 aliphatic heterocycles. The molecule has 1 saturated heterocycles. The third-order valence-electron chi connectivity index (χ3n) is 2.97. The number of morpholine rings is 1. The summed E-state index contributed by atoms with van der Waals surface area (Å²) < 4.78 is 5.48. The summed E-state index contributed by atoms with van der Waals surface area (Å²) in [7, 11) is 0. The number of ether oxygens (including phenoxy) is 1. The van der Waals surface area contributed by atoms with Crippen molar-refractivity contribution in [3.8, 4) is 0 Å². The summed E-state index contributed by atoms with van der Waals surface area (Å²) in [6.07, 6.45) is 0.0178. The quantitative estimate of drug-likeness (QED) is 0.793. The van der Waals surface area contributed by atoms with Crippen LogP contribution in [0.25, 0.3) is 0 Å². The van der Waals surface area contributed by atoms with E-state index in [0.717, 1.165) is 18.7 Å². The maximum atomic E-state index is 11.7. The highest BCUT2D eigenvalue weighted by Gasteiger charge is 2.14. The largest absolute Gasteiger partial charge is 0.374 e. The Kier molecular flexibility index (Phi) is 5.91. The van der Waals surface area contributed by atoms with Crippen molar-refractivity contribution in [1.29, 1.82) is 0 Å². The van der Waals surface area contributed by atoms with Crippen molar-refractivity contribution in [1.82, 2.24) is 16.0 Å². The van der Waals surface area contributed by atoms with Crippen LogP contribution in [0.3, 0.4) is 0 Å². The first kappa shape index (κ1) is 15.4. The van der Waals surface area contributed by atoms with Crippen LogP contribution < -0.4 is 16.0 Å². The zero-order valence-electron chi connectivity index (χ0n) is 10.9. The molecule has 20 heavy (non-hydrogen) atoms. The van der Waals surface area contributed by atoms with Gasteiger partial charge in [0.15, 0.2) is 0 Å². The van der Waals surface area contributed by atoms with Crippen LogP contribution in [0.5, 0.6) is 0 Å². The molecular formula is C13H17Cl2N3O2. The number of amides is 2. The molecule has 0 saturated carbocycles. The van der Waals surface area contributed by atoms with E-state index in [1.165, 1.54) is 0 Å². The van der Waals surface area contributed by atoms with Crippen LogP contribution >= 0.6 is 23.2 Å². The van der Waals surface area contributed by atoms with Crippen LogP contribution in [0.2, 0.25) is 10.0 Å². The van der Waals surface area contributed by atoms with Crippen molar-refractivity contribution in [2.24, 2.45) is 0 Å². The number of hydrogen-bond acceptors (Lipinski definition) is 3. The van der Waals surface area contributed by atoms with Crippen LogP contribution in [0.15, 0.2) is 18.2 Å². The molecule has 7 heteroatoms. The Morgan fingerprint density at radius 2 is 2.25 bits per heavy atom. The minimum atomic E-state index is -0.254. The van der Waals surface area contributed by atoms with Crippen LogP contribution in [0.4, 0.5) is 4.79 Å². The number of hydrogen-bond donors (Lipinski definition) is 3. The van der Waals surface area contributed by atoms with Crippen LogP contribution in [-0.4, -0.2) is 38.4 Å². The van der Waals surface area contributed by atoms with Gasteiger partial charge >= 0.3 is 6.03 Å². The van der Waals surface area contributed by atoms with Crippen molar-refractivity contribution in [2.75, 3.05) is 26.2 Å². The van der Waals surface area contributed by atoms with Crippen LogP contribution in [-0.2, 0) is 11.3 Å². The Morgan fingerprint density at radius 1 is 1.40 bits per heavy atom. The lowest BCUT2D eigenvalue weighted by molar-refractivity contribution is 0.0307.